The number of anilines is 2. The Kier molecular flexibility index (Phi) is 7.50. The highest BCUT2D eigenvalue weighted by atomic mass is 16.5. The Bertz CT molecular complexity index is 1400. The maximum absolute atomic E-state index is 13.2. The highest BCUT2D eigenvalue weighted by Gasteiger charge is 2.21. The molecule has 2 bridgehead atoms. The van der Waals surface area contributed by atoms with Crippen LogP contribution >= 0.6 is 0 Å². The summed E-state index contributed by atoms with van der Waals surface area (Å²) in [6.07, 6.45) is 7.21. The molecular weight excluding hydrogens is 484 g/mol. The van der Waals surface area contributed by atoms with Crippen LogP contribution in [0.25, 0.3) is 11.3 Å². The van der Waals surface area contributed by atoms with E-state index in [2.05, 4.69) is 36.0 Å². The van der Waals surface area contributed by atoms with Gasteiger partial charge in [-0.15, -0.1) is 0 Å². The summed E-state index contributed by atoms with van der Waals surface area (Å²) >= 11 is 0. The SMILES string of the molecule is COC(=O)Nc1ccc2c(c1)NC(=O)CC/C=C\C[C@H](NC(=O)c1ccc3c(c1)CCNC3)c1ncc-2[nH]1. The van der Waals surface area contributed by atoms with Crippen LogP contribution in [-0.2, 0) is 22.5 Å². The van der Waals surface area contributed by atoms with Crippen molar-refractivity contribution in [3.05, 3.63) is 77.3 Å². The van der Waals surface area contributed by atoms with Gasteiger partial charge in [-0.1, -0.05) is 18.2 Å². The van der Waals surface area contributed by atoms with E-state index in [0.29, 0.717) is 53.3 Å². The zero-order chi connectivity index (χ0) is 26.5. The lowest BCUT2D eigenvalue weighted by molar-refractivity contribution is -0.116. The van der Waals surface area contributed by atoms with E-state index >= 15 is 0 Å². The number of H-pyrrole nitrogens is 1. The molecule has 3 heterocycles. The summed E-state index contributed by atoms with van der Waals surface area (Å²) in [4.78, 5) is 45.4. The van der Waals surface area contributed by atoms with Crippen molar-refractivity contribution in [2.45, 2.75) is 38.3 Å². The van der Waals surface area contributed by atoms with Gasteiger partial charge in [0.2, 0.25) is 5.91 Å². The third kappa shape index (κ3) is 5.76. The Labute approximate surface area is 220 Å². The molecule has 2 aliphatic heterocycles. The molecule has 2 aliphatic rings. The third-order valence-electron chi connectivity index (χ3n) is 6.68. The maximum Gasteiger partial charge on any atom is 0.411 e. The van der Waals surface area contributed by atoms with Crippen LogP contribution in [0.2, 0.25) is 0 Å². The van der Waals surface area contributed by atoms with Gasteiger partial charge in [0.25, 0.3) is 5.91 Å². The number of hydrogen-bond donors (Lipinski definition) is 5. The van der Waals surface area contributed by atoms with E-state index in [4.69, 9.17) is 0 Å². The second kappa shape index (κ2) is 11.3. The summed E-state index contributed by atoms with van der Waals surface area (Å²) in [5.74, 6) is 0.286. The molecule has 196 valence electrons. The van der Waals surface area contributed by atoms with Crippen molar-refractivity contribution >= 4 is 29.3 Å². The number of methoxy groups -OCH3 is 1. The molecule has 0 aliphatic carbocycles. The lowest BCUT2D eigenvalue weighted by Gasteiger charge is -2.19. The monoisotopic (exact) mass is 514 g/mol. The molecule has 1 aromatic heterocycles. The van der Waals surface area contributed by atoms with Gasteiger partial charge in [-0.25, -0.2) is 9.78 Å². The molecule has 10 nitrogen and oxygen atoms in total. The Morgan fingerprint density at radius 3 is 2.84 bits per heavy atom. The minimum Gasteiger partial charge on any atom is -0.453 e. The second-order valence-electron chi connectivity index (χ2n) is 9.29. The van der Waals surface area contributed by atoms with Gasteiger partial charge in [0, 0.05) is 29.8 Å². The van der Waals surface area contributed by atoms with Crippen molar-refractivity contribution in [3.8, 4) is 11.3 Å². The second-order valence-corrected chi connectivity index (χ2v) is 9.29. The Morgan fingerprint density at radius 1 is 1.08 bits per heavy atom. The fraction of sp³-hybridized carbons (Fsp3) is 0.286. The number of hydrogen-bond acceptors (Lipinski definition) is 6. The molecule has 0 unspecified atom stereocenters. The van der Waals surface area contributed by atoms with Crippen molar-refractivity contribution < 1.29 is 19.1 Å². The van der Waals surface area contributed by atoms with Crippen molar-refractivity contribution in [2.24, 2.45) is 0 Å². The van der Waals surface area contributed by atoms with Crippen LogP contribution in [0, 0.1) is 0 Å². The zero-order valence-corrected chi connectivity index (χ0v) is 21.1. The number of benzene rings is 2. The molecule has 38 heavy (non-hydrogen) atoms. The average molecular weight is 515 g/mol. The number of aromatic amines is 1. The van der Waals surface area contributed by atoms with Crippen LogP contribution < -0.4 is 21.3 Å². The van der Waals surface area contributed by atoms with Gasteiger partial charge in [0.05, 0.1) is 30.7 Å². The number of carbonyl (C=O) groups is 3. The molecule has 5 N–H and O–H groups in total. The number of nitrogens with one attached hydrogen (secondary N) is 5. The fourth-order valence-corrected chi connectivity index (χ4v) is 4.66. The Balaban J connectivity index is 1.43. The first kappa shape index (κ1) is 25.2. The summed E-state index contributed by atoms with van der Waals surface area (Å²) in [7, 11) is 1.28. The van der Waals surface area contributed by atoms with E-state index in [9.17, 15) is 14.4 Å². The third-order valence-corrected chi connectivity index (χ3v) is 6.68. The zero-order valence-electron chi connectivity index (χ0n) is 21.1. The number of amides is 3. The first-order valence-corrected chi connectivity index (χ1v) is 12.6. The molecule has 0 fully saturated rings. The van der Waals surface area contributed by atoms with E-state index in [-0.39, 0.29) is 11.8 Å². The van der Waals surface area contributed by atoms with E-state index in [1.165, 1.54) is 18.2 Å². The molecule has 0 saturated carbocycles. The van der Waals surface area contributed by atoms with Crippen LogP contribution in [0.3, 0.4) is 0 Å². The minimum absolute atomic E-state index is 0.155. The van der Waals surface area contributed by atoms with E-state index < -0.39 is 12.1 Å². The summed E-state index contributed by atoms with van der Waals surface area (Å²) in [5.41, 5.74) is 5.41. The van der Waals surface area contributed by atoms with Crippen LogP contribution in [0.4, 0.5) is 16.2 Å². The predicted molar refractivity (Wildman–Crippen MR) is 144 cm³/mol. The van der Waals surface area contributed by atoms with E-state index in [1.807, 2.05) is 30.4 Å². The molecule has 3 amide bonds. The van der Waals surface area contributed by atoms with Gasteiger partial charge < -0.3 is 25.7 Å². The smallest absolute Gasteiger partial charge is 0.411 e. The number of imidazole rings is 1. The fourth-order valence-electron chi connectivity index (χ4n) is 4.66. The van der Waals surface area contributed by atoms with Crippen molar-refractivity contribution in [1.29, 1.82) is 0 Å². The van der Waals surface area contributed by atoms with Gasteiger partial charge in [0.1, 0.15) is 5.82 Å². The number of rotatable bonds is 3. The highest BCUT2D eigenvalue weighted by molar-refractivity contribution is 5.97. The normalized spacial score (nSPS) is 17.8. The molecule has 1 atom stereocenters. The van der Waals surface area contributed by atoms with Crippen molar-refractivity contribution in [2.75, 3.05) is 24.3 Å². The quantitative estimate of drug-likeness (QED) is 0.335. The molecule has 5 rings (SSSR count). The van der Waals surface area contributed by atoms with Crippen LogP contribution in [0.15, 0.2) is 54.7 Å². The topological polar surface area (TPSA) is 137 Å². The predicted octanol–water partition coefficient (Wildman–Crippen LogP) is 4.05. The first-order valence-electron chi connectivity index (χ1n) is 12.6. The largest absolute Gasteiger partial charge is 0.453 e. The lowest BCUT2D eigenvalue weighted by atomic mass is 9.98. The first-order chi connectivity index (χ1) is 18.5. The van der Waals surface area contributed by atoms with E-state index in [1.54, 1.807) is 24.4 Å². The van der Waals surface area contributed by atoms with Gasteiger partial charge >= 0.3 is 6.09 Å². The lowest BCUT2D eigenvalue weighted by Crippen LogP contribution is -2.30. The number of aromatic nitrogens is 2. The molecule has 0 radical (unpaired) electrons. The number of ether oxygens (including phenoxy) is 1. The van der Waals surface area contributed by atoms with Gasteiger partial charge in [-0.3, -0.25) is 14.9 Å². The molecule has 2 aromatic carbocycles. The van der Waals surface area contributed by atoms with Crippen LogP contribution in [0.1, 0.15) is 52.6 Å². The summed E-state index contributed by atoms with van der Waals surface area (Å²) < 4.78 is 4.67. The van der Waals surface area contributed by atoms with Gasteiger partial charge in [-0.05, 0) is 67.3 Å². The van der Waals surface area contributed by atoms with Crippen LogP contribution in [0.5, 0.6) is 0 Å². The Morgan fingerprint density at radius 2 is 1.97 bits per heavy atom. The maximum atomic E-state index is 13.2. The Hall–Kier alpha value is -4.44. The number of nitrogens with zero attached hydrogens (tertiary/aromatic N) is 1. The van der Waals surface area contributed by atoms with E-state index in [0.717, 1.165) is 19.5 Å². The summed E-state index contributed by atoms with van der Waals surface area (Å²) in [5, 5.41) is 12.0. The molecular formula is C28H30N6O4. The number of allylic oxidation sites excluding steroid dienone is 1. The van der Waals surface area contributed by atoms with Crippen LogP contribution in [-0.4, -0.2) is 41.5 Å². The molecule has 0 spiro atoms. The van der Waals surface area contributed by atoms with Gasteiger partial charge in [-0.2, -0.15) is 0 Å². The standard InChI is InChI=1S/C28H30N6O4/c1-38-28(37)31-20-9-10-21-23(14-20)32-25(35)6-4-2-3-5-22(26-30-16-24(21)33-26)34-27(36)18-7-8-19-15-29-12-11-17(19)13-18/h2-3,7-10,13-14,16,22,29H,4-6,11-12,15H2,1H3,(H,30,33)(H,31,37)(H,32,35)(H,34,36)/b3-2-/t22-/m0/s1. The number of fused-ring (bicyclic) bond motifs is 5. The summed E-state index contributed by atoms with van der Waals surface area (Å²) in [6, 6.07) is 10.6. The minimum atomic E-state index is -0.607. The molecule has 10 heteroatoms. The molecule has 3 aromatic rings. The molecule has 0 saturated heterocycles. The number of carbonyl (C=O) groups excluding carboxylic acids is 3. The highest BCUT2D eigenvalue weighted by Crippen LogP contribution is 2.31. The van der Waals surface area contributed by atoms with Crippen molar-refractivity contribution in [3.63, 3.8) is 0 Å². The average Bonchev–Trinajstić information content (AvgIpc) is 3.41. The van der Waals surface area contributed by atoms with Gasteiger partial charge in [0.15, 0.2) is 0 Å². The van der Waals surface area contributed by atoms with Crippen molar-refractivity contribution in [1.82, 2.24) is 20.6 Å². The summed E-state index contributed by atoms with van der Waals surface area (Å²) in [6.45, 7) is 1.72.